The van der Waals surface area contributed by atoms with E-state index in [4.69, 9.17) is 16.3 Å². The Morgan fingerprint density at radius 3 is 2.75 bits per heavy atom. The Bertz CT molecular complexity index is 317. The normalized spacial score (nSPS) is 14.5. The van der Waals surface area contributed by atoms with E-state index >= 15 is 0 Å². The molecule has 2 atom stereocenters. The van der Waals surface area contributed by atoms with E-state index < -0.39 is 0 Å². The Morgan fingerprint density at radius 1 is 1.44 bits per heavy atom. The van der Waals surface area contributed by atoms with E-state index in [1.165, 1.54) is 0 Å². The molecular weight excluding hydrogens is 222 g/mol. The van der Waals surface area contributed by atoms with Crippen LogP contribution in [0.5, 0.6) is 5.75 Å². The van der Waals surface area contributed by atoms with Crippen LogP contribution in [0.4, 0.5) is 0 Å². The Kier molecular flexibility index (Phi) is 5.64. The molecule has 1 rings (SSSR count). The summed E-state index contributed by atoms with van der Waals surface area (Å²) < 4.78 is 5.72. The number of halogens is 1. The molecule has 0 aliphatic rings. The first-order valence-electron chi connectivity index (χ1n) is 5.73. The van der Waals surface area contributed by atoms with Crippen LogP contribution in [0, 0.1) is 5.92 Å². The lowest BCUT2D eigenvalue weighted by atomic mass is 10.0. The second-order valence-electron chi connectivity index (χ2n) is 4.05. The van der Waals surface area contributed by atoms with Crippen LogP contribution in [0.1, 0.15) is 20.3 Å². The van der Waals surface area contributed by atoms with Gasteiger partial charge in [-0.3, -0.25) is 0 Å². The van der Waals surface area contributed by atoms with Crippen LogP contribution in [0.3, 0.4) is 0 Å². The summed E-state index contributed by atoms with van der Waals surface area (Å²) in [7, 11) is 1.97. The maximum atomic E-state index is 5.89. The first kappa shape index (κ1) is 13.3. The van der Waals surface area contributed by atoms with Crippen molar-refractivity contribution in [2.75, 3.05) is 13.7 Å². The van der Waals surface area contributed by atoms with E-state index in [1.54, 1.807) is 0 Å². The predicted molar refractivity (Wildman–Crippen MR) is 69.2 cm³/mol. The van der Waals surface area contributed by atoms with Crippen molar-refractivity contribution in [3.8, 4) is 5.75 Å². The molecule has 0 saturated carbocycles. The van der Waals surface area contributed by atoms with E-state index in [0.717, 1.165) is 12.2 Å². The van der Waals surface area contributed by atoms with E-state index in [1.807, 2.05) is 31.3 Å². The van der Waals surface area contributed by atoms with Crippen LogP contribution in [0.25, 0.3) is 0 Å². The van der Waals surface area contributed by atoms with Gasteiger partial charge in [-0.1, -0.05) is 37.9 Å². The summed E-state index contributed by atoms with van der Waals surface area (Å²) in [6, 6.07) is 7.89. The molecule has 1 aromatic carbocycles. The van der Waals surface area contributed by atoms with Crippen LogP contribution in [0.15, 0.2) is 24.3 Å². The van der Waals surface area contributed by atoms with Gasteiger partial charge in [0, 0.05) is 11.1 Å². The van der Waals surface area contributed by atoms with Gasteiger partial charge in [-0.15, -0.1) is 0 Å². The molecule has 0 heterocycles. The molecule has 1 N–H and O–H groups in total. The summed E-state index contributed by atoms with van der Waals surface area (Å²) in [4.78, 5) is 0. The molecule has 0 aliphatic carbocycles. The highest BCUT2D eigenvalue weighted by molar-refractivity contribution is 6.30. The van der Waals surface area contributed by atoms with Crippen molar-refractivity contribution >= 4 is 11.6 Å². The van der Waals surface area contributed by atoms with Crippen molar-refractivity contribution in [3.63, 3.8) is 0 Å². The predicted octanol–water partition coefficient (Wildman–Crippen LogP) is 3.35. The fraction of sp³-hybridized carbons (Fsp3) is 0.538. The van der Waals surface area contributed by atoms with Crippen LogP contribution in [-0.2, 0) is 0 Å². The first-order valence-corrected chi connectivity index (χ1v) is 6.10. The van der Waals surface area contributed by atoms with Gasteiger partial charge in [-0.05, 0) is 31.2 Å². The van der Waals surface area contributed by atoms with E-state index in [0.29, 0.717) is 23.6 Å². The number of ether oxygens (including phenoxy) is 1. The summed E-state index contributed by atoms with van der Waals surface area (Å²) in [5.74, 6) is 1.43. The Morgan fingerprint density at radius 2 is 2.19 bits per heavy atom. The lowest BCUT2D eigenvalue weighted by Crippen LogP contribution is -2.37. The minimum absolute atomic E-state index is 0.379. The molecule has 0 saturated heterocycles. The zero-order valence-corrected chi connectivity index (χ0v) is 10.9. The van der Waals surface area contributed by atoms with Gasteiger partial charge < -0.3 is 10.1 Å². The standard InChI is InChI=1S/C13H20ClNO/c1-4-10(2)13(15-3)9-16-12-7-5-6-11(14)8-12/h5-8,10,13,15H,4,9H2,1-3H3. The fourth-order valence-corrected chi connectivity index (χ4v) is 1.74. The number of likely N-dealkylation sites (N-methyl/N-ethyl adjacent to an activating group) is 1. The molecule has 0 aromatic heterocycles. The summed E-state index contributed by atoms with van der Waals surface area (Å²) in [5, 5.41) is 3.99. The zero-order chi connectivity index (χ0) is 12.0. The van der Waals surface area contributed by atoms with Gasteiger partial charge in [0.2, 0.25) is 0 Å². The van der Waals surface area contributed by atoms with E-state index in [2.05, 4.69) is 19.2 Å². The largest absolute Gasteiger partial charge is 0.492 e. The third kappa shape index (κ3) is 4.03. The van der Waals surface area contributed by atoms with E-state index in [9.17, 15) is 0 Å². The topological polar surface area (TPSA) is 21.3 Å². The quantitative estimate of drug-likeness (QED) is 0.825. The second-order valence-corrected chi connectivity index (χ2v) is 4.49. The fourth-order valence-electron chi connectivity index (χ4n) is 1.56. The maximum Gasteiger partial charge on any atom is 0.120 e. The number of hydrogen-bond acceptors (Lipinski definition) is 2. The monoisotopic (exact) mass is 241 g/mol. The number of nitrogens with one attached hydrogen (secondary N) is 1. The van der Waals surface area contributed by atoms with Crippen LogP contribution >= 0.6 is 11.6 Å². The van der Waals surface area contributed by atoms with Crippen molar-refractivity contribution in [2.24, 2.45) is 5.92 Å². The SMILES string of the molecule is CCC(C)C(COc1cccc(Cl)c1)NC. The van der Waals surface area contributed by atoms with Gasteiger partial charge in [0.15, 0.2) is 0 Å². The highest BCUT2D eigenvalue weighted by Gasteiger charge is 2.14. The minimum atomic E-state index is 0.379. The van der Waals surface area contributed by atoms with E-state index in [-0.39, 0.29) is 0 Å². The molecule has 0 radical (unpaired) electrons. The Balaban J connectivity index is 2.49. The van der Waals surface area contributed by atoms with Gasteiger partial charge >= 0.3 is 0 Å². The summed E-state index contributed by atoms with van der Waals surface area (Å²) in [5.41, 5.74) is 0. The zero-order valence-electron chi connectivity index (χ0n) is 10.2. The molecule has 16 heavy (non-hydrogen) atoms. The van der Waals surface area contributed by atoms with Gasteiger partial charge in [-0.2, -0.15) is 0 Å². The van der Waals surface area contributed by atoms with Gasteiger partial charge in [-0.25, -0.2) is 0 Å². The van der Waals surface area contributed by atoms with Crippen molar-refractivity contribution < 1.29 is 4.74 Å². The minimum Gasteiger partial charge on any atom is -0.492 e. The third-order valence-electron chi connectivity index (χ3n) is 2.93. The average Bonchev–Trinajstić information content (AvgIpc) is 2.29. The first-order chi connectivity index (χ1) is 7.67. The van der Waals surface area contributed by atoms with Crippen molar-refractivity contribution in [3.05, 3.63) is 29.3 Å². The molecular formula is C13H20ClNO. The molecule has 90 valence electrons. The summed E-state index contributed by atoms with van der Waals surface area (Å²) >= 11 is 5.89. The number of rotatable bonds is 6. The molecule has 0 spiro atoms. The van der Waals surface area contributed by atoms with Gasteiger partial charge in [0.25, 0.3) is 0 Å². The smallest absolute Gasteiger partial charge is 0.120 e. The molecule has 2 unspecified atom stereocenters. The number of benzene rings is 1. The molecule has 0 amide bonds. The molecule has 2 nitrogen and oxygen atoms in total. The molecule has 0 fully saturated rings. The Hall–Kier alpha value is -0.730. The average molecular weight is 242 g/mol. The van der Waals surface area contributed by atoms with Gasteiger partial charge in [0.1, 0.15) is 12.4 Å². The van der Waals surface area contributed by atoms with Crippen LogP contribution < -0.4 is 10.1 Å². The molecule has 1 aromatic rings. The van der Waals surface area contributed by atoms with Gasteiger partial charge in [0.05, 0.1) is 0 Å². The van der Waals surface area contributed by atoms with Crippen molar-refractivity contribution in [2.45, 2.75) is 26.3 Å². The Labute approximate surface area is 103 Å². The maximum absolute atomic E-state index is 5.89. The summed E-state index contributed by atoms with van der Waals surface area (Å²) in [6.07, 6.45) is 1.14. The highest BCUT2D eigenvalue weighted by atomic mass is 35.5. The van der Waals surface area contributed by atoms with Crippen molar-refractivity contribution in [1.82, 2.24) is 5.32 Å². The van der Waals surface area contributed by atoms with Crippen LogP contribution in [0.2, 0.25) is 5.02 Å². The second kappa shape index (κ2) is 6.77. The lowest BCUT2D eigenvalue weighted by Gasteiger charge is -2.22. The molecule has 3 heteroatoms. The summed E-state index contributed by atoms with van der Waals surface area (Å²) in [6.45, 7) is 5.09. The van der Waals surface area contributed by atoms with Crippen molar-refractivity contribution in [1.29, 1.82) is 0 Å². The third-order valence-corrected chi connectivity index (χ3v) is 3.16. The highest BCUT2D eigenvalue weighted by Crippen LogP contribution is 2.18. The van der Waals surface area contributed by atoms with Crippen LogP contribution in [-0.4, -0.2) is 19.7 Å². The molecule has 0 aliphatic heterocycles. The molecule has 0 bridgehead atoms. The number of hydrogen-bond donors (Lipinski definition) is 1. The lowest BCUT2D eigenvalue weighted by molar-refractivity contribution is 0.228.